The van der Waals surface area contributed by atoms with Gasteiger partial charge in [0.2, 0.25) is 0 Å². The Hall–Kier alpha value is -0.0831. The zero-order valence-corrected chi connectivity index (χ0v) is 13.3. The van der Waals surface area contributed by atoms with Gasteiger partial charge in [-0.25, -0.2) is 0 Å². The Kier molecular flexibility index (Phi) is 5.03. The van der Waals surface area contributed by atoms with Crippen LogP contribution in [-0.4, -0.2) is 30.0 Å². The van der Waals surface area contributed by atoms with E-state index >= 15 is 0 Å². The first-order chi connectivity index (χ1) is 7.76. The van der Waals surface area contributed by atoms with Gasteiger partial charge in [-0.1, -0.05) is 47.6 Å². The molecule has 2 N–H and O–H groups in total. The van der Waals surface area contributed by atoms with Crippen LogP contribution in [0.5, 0.6) is 0 Å². The lowest BCUT2D eigenvalue weighted by molar-refractivity contribution is -0.0177. The van der Waals surface area contributed by atoms with E-state index in [1.165, 1.54) is 0 Å². The van der Waals surface area contributed by atoms with Crippen LogP contribution < -0.4 is 0 Å². The molecular weight excluding hydrogens is 296 g/mol. The Balaban J connectivity index is 2.91. The second kappa shape index (κ2) is 5.70. The molecule has 0 bridgehead atoms. The monoisotopic (exact) mass is 316 g/mol. The van der Waals surface area contributed by atoms with Crippen LogP contribution in [0, 0.1) is 11.5 Å². The fourth-order valence-electron chi connectivity index (χ4n) is 1.74. The van der Waals surface area contributed by atoms with Gasteiger partial charge in [-0.2, -0.15) is 0 Å². The van der Waals surface area contributed by atoms with E-state index in [2.05, 4.69) is 47.0 Å². The van der Waals surface area contributed by atoms with Crippen LogP contribution in [0.3, 0.4) is 0 Å². The molecule has 4 heteroatoms. The van der Waals surface area contributed by atoms with Crippen molar-refractivity contribution >= 4 is 24.0 Å². The molecule has 2 nitrogen and oxygen atoms in total. The molecule has 0 saturated carbocycles. The molecule has 0 saturated heterocycles. The molecule has 17 heavy (non-hydrogen) atoms. The van der Waals surface area contributed by atoms with E-state index in [1.54, 1.807) is 0 Å². The average Bonchev–Trinajstić information content (AvgIpc) is 2.38. The third-order valence-electron chi connectivity index (χ3n) is 2.79. The highest BCUT2D eigenvalue weighted by Crippen LogP contribution is 2.34. The zero-order chi connectivity index (χ0) is 13.1. The lowest BCUT2D eigenvalue weighted by Crippen LogP contribution is -2.42. The standard InChI is InChI=1S/C13H21BrO2Si/c1-17(2,3)10-8-12(15)13(16)9-6-4-5-7-11(13)14/h7,12,15-16H,4-6,9H2,1-3H3/t12-,13+/m1/s1. The largest absolute Gasteiger partial charge is 0.381 e. The lowest BCUT2D eigenvalue weighted by Gasteiger charge is -2.29. The molecule has 0 spiro atoms. The summed E-state index contributed by atoms with van der Waals surface area (Å²) in [4.78, 5) is 0. The molecule has 0 unspecified atom stereocenters. The number of rotatable bonds is 1. The Morgan fingerprint density at radius 1 is 1.41 bits per heavy atom. The van der Waals surface area contributed by atoms with Crippen molar-refractivity contribution in [1.82, 2.24) is 0 Å². The summed E-state index contributed by atoms with van der Waals surface area (Å²) in [6.45, 7) is 6.36. The van der Waals surface area contributed by atoms with Crippen molar-refractivity contribution in [2.45, 2.75) is 57.0 Å². The van der Waals surface area contributed by atoms with E-state index in [0.717, 1.165) is 19.3 Å². The van der Waals surface area contributed by atoms with Gasteiger partial charge in [-0.15, -0.1) is 5.54 Å². The van der Waals surface area contributed by atoms with Crippen LogP contribution in [0.15, 0.2) is 10.6 Å². The van der Waals surface area contributed by atoms with E-state index in [4.69, 9.17) is 0 Å². The molecule has 0 aromatic heterocycles. The minimum Gasteiger partial charge on any atom is -0.381 e. The van der Waals surface area contributed by atoms with Gasteiger partial charge in [-0.05, 0) is 25.7 Å². The fraction of sp³-hybridized carbons (Fsp3) is 0.692. The molecule has 1 aliphatic carbocycles. The molecule has 0 amide bonds. The first-order valence-corrected chi connectivity index (χ1v) is 10.3. The van der Waals surface area contributed by atoms with Gasteiger partial charge in [0, 0.05) is 4.48 Å². The van der Waals surface area contributed by atoms with Gasteiger partial charge in [0.25, 0.3) is 0 Å². The molecule has 0 heterocycles. The van der Waals surface area contributed by atoms with Crippen molar-refractivity contribution in [3.63, 3.8) is 0 Å². The van der Waals surface area contributed by atoms with Crippen LogP contribution >= 0.6 is 15.9 Å². The number of hydrogen-bond donors (Lipinski definition) is 2. The number of aliphatic hydroxyl groups is 2. The van der Waals surface area contributed by atoms with Crippen molar-refractivity contribution in [1.29, 1.82) is 0 Å². The van der Waals surface area contributed by atoms with Crippen LogP contribution in [0.4, 0.5) is 0 Å². The van der Waals surface area contributed by atoms with Gasteiger partial charge >= 0.3 is 0 Å². The third-order valence-corrected chi connectivity index (χ3v) is 4.69. The molecule has 0 aromatic rings. The molecule has 0 aromatic carbocycles. The molecule has 96 valence electrons. The van der Waals surface area contributed by atoms with E-state index < -0.39 is 19.8 Å². The second-order valence-electron chi connectivity index (χ2n) is 5.64. The predicted octanol–water partition coefficient (Wildman–Crippen LogP) is 2.81. The predicted molar refractivity (Wildman–Crippen MR) is 77.6 cm³/mol. The minimum absolute atomic E-state index is 0.561. The average molecular weight is 317 g/mol. The quantitative estimate of drug-likeness (QED) is 0.577. The maximum atomic E-state index is 10.5. The highest BCUT2D eigenvalue weighted by molar-refractivity contribution is 9.11. The number of halogens is 1. The highest BCUT2D eigenvalue weighted by Gasteiger charge is 2.38. The summed E-state index contributed by atoms with van der Waals surface area (Å²) in [5.74, 6) is 2.84. The summed E-state index contributed by atoms with van der Waals surface area (Å²) in [6.07, 6.45) is 4.41. The lowest BCUT2D eigenvalue weighted by atomic mass is 9.92. The Labute approximate surface area is 113 Å². The van der Waals surface area contributed by atoms with Gasteiger partial charge in [-0.3, -0.25) is 0 Å². The van der Waals surface area contributed by atoms with Gasteiger partial charge in [0.15, 0.2) is 0 Å². The summed E-state index contributed by atoms with van der Waals surface area (Å²) < 4.78 is 0.680. The van der Waals surface area contributed by atoms with Gasteiger partial charge in [0.1, 0.15) is 19.8 Å². The summed E-state index contributed by atoms with van der Waals surface area (Å²) >= 11 is 3.38. The smallest absolute Gasteiger partial charge is 0.147 e. The molecule has 0 aliphatic heterocycles. The molecule has 1 rings (SSSR count). The minimum atomic E-state index is -1.52. The topological polar surface area (TPSA) is 40.5 Å². The van der Waals surface area contributed by atoms with Crippen LogP contribution in [0.1, 0.15) is 25.7 Å². The number of aliphatic hydroxyl groups excluding tert-OH is 1. The maximum absolute atomic E-state index is 10.5. The molecule has 0 fully saturated rings. The van der Waals surface area contributed by atoms with Gasteiger partial charge in [0.05, 0.1) is 0 Å². The summed E-state index contributed by atoms with van der Waals surface area (Å²) in [5.41, 5.74) is 1.90. The summed E-state index contributed by atoms with van der Waals surface area (Å²) in [7, 11) is -1.52. The fourth-order valence-corrected chi connectivity index (χ4v) is 2.95. The first-order valence-electron chi connectivity index (χ1n) is 6.05. The molecule has 2 atom stereocenters. The van der Waals surface area contributed by atoms with Crippen LogP contribution in [-0.2, 0) is 0 Å². The maximum Gasteiger partial charge on any atom is 0.147 e. The SMILES string of the molecule is C[Si](C)(C)C#C[C@@H](O)[C@]1(O)CCCCC=C1Br. The zero-order valence-electron chi connectivity index (χ0n) is 10.8. The van der Waals surface area contributed by atoms with Crippen molar-refractivity contribution < 1.29 is 10.2 Å². The summed E-state index contributed by atoms with van der Waals surface area (Å²) in [5, 5.41) is 20.7. The molecular formula is C13H21BrO2Si. The van der Waals surface area contributed by atoms with Gasteiger partial charge < -0.3 is 10.2 Å². The van der Waals surface area contributed by atoms with Crippen LogP contribution in [0.2, 0.25) is 19.6 Å². The summed E-state index contributed by atoms with van der Waals surface area (Å²) in [6, 6.07) is 0. The Morgan fingerprint density at radius 2 is 2.06 bits per heavy atom. The molecule has 1 aliphatic rings. The Bertz CT molecular complexity index is 362. The second-order valence-corrected chi connectivity index (χ2v) is 11.2. The number of allylic oxidation sites excluding steroid dienone is 1. The normalized spacial score (nSPS) is 27.5. The number of hydrogen-bond acceptors (Lipinski definition) is 2. The van der Waals surface area contributed by atoms with E-state index in [-0.39, 0.29) is 0 Å². The van der Waals surface area contributed by atoms with E-state index in [1.807, 2.05) is 6.08 Å². The Morgan fingerprint density at radius 3 is 2.65 bits per heavy atom. The van der Waals surface area contributed by atoms with Crippen molar-refractivity contribution in [2.24, 2.45) is 0 Å². The van der Waals surface area contributed by atoms with Crippen LogP contribution in [0.25, 0.3) is 0 Å². The van der Waals surface area contributed by atoms with E-state index in [9.17, 15) is 10.2 Å². The van der Waals surface area contributed by atoms with Crippen molar-refractivity contribution in [3.8, 4) is 11.5 Å². The van der Waals surface area contributed by atoms with E-state index in [0.29, 0.717) is 10.9 Å². The molecule has 0 radical (unpaired) electrons. The van der Waals surface area contributed by atoms with Crippen molar-refractivity contribution in [3.05, 3.63) is 10.6 Å². The van der Waals surface area contributed by atoms with Crippen molar-refractivity contribution in [2.75, 3.05) is 0 Å². The first kappa shape index (κ1) is 15.0. The highest BCUT2D eigenvalue weighted by atomic mass is 79.9. The third kappa shape index (κ3) is 4.25.